The number of carbonyl (C=O) groups is 2. The van der Waals surface area contributed by atoms with Gasteiger partial charge in [0.25, 0.3) is 0 Å². The molecule has 2 aliphatic rings. The fraction of sp³-hybridized carbons (Fsp3) is 0.556. The fourth-order valence-corrected chi connectivity index (χ4v) is 3.57. The first-order valence-electron chi connectivity index (χ1n) is 8.15. The van der Waals surface area contributed by atoms with E-state index in [1.54, 1.807) is 24.0 Å². The maximum atomic E-state index is 12.8. The van der Waals surface area contributed by atoms with E-state index >= 15 is 0 Å². The van der Waals surface area contributed by atoms with Crippen LogP contribution in [0.5, 0.6) is 5.75 Å². The predicted molar refractivity (Wildman–Crippen MR) is 90.4 cm³/mol. The second-order valence-corrected chi connectivity index (χ2v) is 7.39. The summed E-state index contributed by atoms with van der Waals surface area (Å²) in [6.07, 6.45) is -0.364. The smallest absolute Gasteiger partial charge is 0.410 e. The van der Waals surface area contributed by atoms with Crippen LogP contribution in [-0.4, -0.2) is 49.7 Å². The van der Waals surface area contributed by atoms with E-state index in [1.807, 2.05) is 39.0 Å². The summed E-state index contributed by atoms with van der Waals surface area (Å²) in [5, 5.41) is 0. The van der Waals surface area contributed by atoms with Crippen LogP contribution in [0.2, 0.25) is 0 Å². The third-order valence-electron chi connectivity index (χ3n) is 4.60. The van der Waals surface area contributed by atoms with Crippen LogP contribution in [-0.2, 0) is 9.53 Å². The highest BCUT2D eigenvalue weighted by Crippen LogP contribution is 2.47. The molecule has 6 heteroatoms. The van der Waals surface area contributed by atoms with E-state index in [0.29, 0.717) is 18.8 Å². The molecule has 0 N–H and O–H groups in total. The van der Waals surface area contributed by atoms with Crippen molar-refractivity contribution in [3.05, 3.63) is 23.8 Å². The number of benzene rings is 1. The Kier molecular flexibility index (Phi) is 3.94. The summed E-state index contributed by atoms with van der Waals surface area (Å²) in [6, 6.07) is 5.79. The number of likely N-dealkylation sites (tertiary alicyclic amines) is 1. The van der Waals surface area contributed by atoms with Crippen molar-refractivity contribution in [1.29, 1.82) is 0 Å². The number of para-hydroxylation sites is 1. The van der Waals surface area contributed by atoms with E-state index < -0.39 is 5.60 Å². The highest BCUT2D eigenvalue weighted by atomic mass is 16.6. The second kappa shape index (κ2) is 5.69. The van der Waals surface area contributed by atoms with Crippen molar-refractivity contribution in [1.82, 2.24) is 4.90 Å². The molecule has 1 aromatic carbocycles. The number of ether oxygens (including phenoxy) is 2. The van der Waals surface area contributed by atoms with E-state index in [4.69, 9.17) is 9.47 Å². The molecule has 24 heavy (non-hydrogen) atoms. The molecular weight excluding hydrogens is 308 g/mol. The molecule has 2 heterocycles. The van der Waals surface area contributed by atoms with Gasteiger partial charge < -0.3 is 19.3 Å². The summed E-state index contributed by atoms with van der Waals surface area (Å²) < 4.78 is 10.9. The van der Waals surface area contributed by atoms with Crippen molar-refractivity contribution in [2.24, 2.45) is 5.92 Å². The average Bonchev–Trinajstić information content (AvgIpc) is 2.96. The minimum Gasteiger partial charge on any atom is -0.495 e. The number of hydrogen-bond acceptors (Lipinski definition) is 4. The minimum absolute atomic E-state index is 0.0167. The van der Waals surface area contributed by atoms with Crippen molar-refractivity contribution < 1.29 is 19.1 Å². The second-order valence-electron chi connectivity index (χ2n) is 7.39. The molecule has 0 aromatic heterocycles. The summed E-state index contributed by atoms with van der Waals surface area (Å²) in [5.41, 5.74) is 1.30. The Morgan fingerprint density at radius 2 is 1.88 bits per heavy atom. The third-order valence-corrected chi connectivity index (χ3v) is 4.60. The lowest BCUT2D eigenvalue weighted by Gasteiger charge is -2.34. The zero-order chi connectivity index (χ0) is 17.6. The van der Waals surface area contributed by atoms with Gasteiger partial charge in [0, 0.05) is 26.1 Å². The Morgan fingerprint density at radius 3 is 2.50 bits per heavy atom. The molecule has 0 aliphatic carbocycles. The third kappa shape index (κ3) is 2.70. The van der Waals surface area contributed by atoms with Crippen LogP contribution in [0.4, 0.5) is 10.5 Å². The predicted octanol–water partition coefficient (Wildman–Crippen LogP) is 2.62. The largest absolute Gasteiger partial charge is 0.495 e. The first-order chi connectivity index (χ1) is 11.2. The SMILES string of the molecule is COc1cccc2c1N(C)C(=O)[C@@H]1CN(C(=O)OC(C)(C)C)C[C@H]21. The van der Waals surface area contributed by atoms with Crippen molar-refractivity contribution in [2.75, 3.05) is 32.1 Å². The molecule has 2 amide bonds. The standard InChI is InChI=1S/C18H24N2O4/c1-18(2,3)24-17(22)20-9-12-11-7-6-8-14(23-5)15(11)19(4)16(21)13(12)10-20/h6-8,12-13H,9-10H2,1-5H3/t12-,13-/m1/s1. The molecule has 2 aliphatic heterocycles. The molecule has 0 radical (unpaired) electrons. The molecule has 0 bridgehead atoms. The molecule has 6 nitrogen and oxygen atoms in total. The number of nitrogens with zero attached hydrogens (tertiary/aromatic N) is 2. The monoisotopic (exact) mass is 332 g/mol. The van der Waals surface area contributed by atoms with Crippen molar-refractivity contribution >= 4 is 17.7 Å². The molecule has 0 spiro atoms. The summed E-state index contributed by atoms with van der Waals surface area (Å²) in [5.74, 6) is 0.439. The van der Waals surface area contributed by atoms with Gasteiger partial charge in [-0.2, -0.15) is 0 Å². The van der Waals surface area contributed by atoms with Gasteiger partial charge in [-0.15, -0.1) is 0 Å². The van der Waals surface area contributed by atoms with E-state index in [1.165, 1.54) is 0 Å². The number of carbonyl (C=O) groups excluding carboxylic acids is 2. The summed E-state index contributed by atoms with van der Waals surface area (Å²) >= 11 is 0. The van der Waals surface area contributed by atoms with Gasteiger partial charge in [0.05, 0.1) is 18.7 Å². The average molecular weight is 332 g/mol. The van der Waals surface area contributed by atoms with E-state index in [9.17, 15) is 9.59 Å². The topological polar surface area (TPSA) is 59.1 Å². The fourth-order valence-electron chi connectivity index (χ4n) is 3.57. The van der Waals surface area contributed by atoms with Crippen LogP contribution in [0.15, 0.2) is 18.2 Å². The maximum absolute atomic E-state index is 12.8. The molecule has 1 aromatic rings. The molecule has 2 atom stereocenters. The Morgan fingerprint density at radius 1 is 1.21 bits per heavy atom. The zero-order valence-electron chi connectivity index (χ0n) is 14.8. The van der Waals surface area contributed by atoms with Gasteiger partial charge in [0.2, 0.25) is 5.91 Å². The molecule has 1 fully saturated rings. The van der Waals surface area contributed by atoms with E-state index in [-0.39, 0.29) is 23.8 Å². The number of methoxy groups -OCH3 is 1. The van der Waals surface area contributed by atoms with Gasteiger partial charge in [0.15, 0.2) is 0 Å². The zero-order valence-corrected chi connectivity index (χ0v) is 14.8. The van der Waals surface area contributed by atoms with Crippen molar-refractivity contribution in [3.8, 4) is 5.75 Å². The molecule has 3 rings (SSSR count). The normalized spacial score (nSPS) is 23.0. The maximum Gasteiger partial charge on any atom is 0.410 e. The number of hydrogen-bond donors (Lipinski definition) is 0. The minimum atomic E-state index is -0.549. The van der Waals surface area contributed by atoms with Gasteiger partial charge in [-0.05, 0) is 32.4 Å². The number of anilines is 1. The number of rotatable bonds is 1. The Hall–Kier alpha value is -2.24. The Balaban J connectivity index is 1.92. The Bertz CT molecular complexity index is 680. The van der Waals surface area contributed by atoms with Gasteiger partial charge in [0.1, 0.15) is 11.4 Å². The lowest BCUT2D eigenvalue weighted by Crippen LogP contribution is -2.41. The summed E-state index contributed by atoms with van der Waals surface area (Å²) in [4.78, 5) is 28.5. The first-order valence-corrected chi connectivity index (χ1v) is 8.15. The van der Waals surface area contributed by atoms with Crippen LogP contribution in [0, 0.1) is 5.92 Å². The Labute approximate surface area is 142 Å². The van der Waals surface area contributed by atoms with E-state index in [0.717, 1.165) is 11.3 Å². The molecular formula is C18H24N2O4. The molecule has 130 valence electrons. The summed E-state index contributed by atoms with van der Waals surface area (Å²) in [7, 11) is 3.36. The highest BCUT2D eigenvalue weighted by Gasteiger charge is 2.47. The van der Waals surface area contributed by atoms with Crippen molar-refractivity contribution in [3.63, 3.8) is 0 Å². The van der Waals surface area contributed by atoms with Crippen LogP contribution >= 0.6 is 0 Å². The summed E-state index contributed by atoms with van der Waals surface area (Å²) in [6.45, 7) is 6.39. The lowest BCUT2D eigenvalue weighted by molar-refractivity contribution is -0.122. The lowest BCUT2D eigenvalue weighted by atomic mass is 9.83. The van der Waals surface area contributed by atoms with Crippen LogP contribution in [0.1, 0.15) is 32.3 Å². The van der Waals surface area contributed by atoms with Gasteiger partial charge in [-0.1, -0.05) is 12.1 Å². The number of fused-ring (bicyclic) bond motifs is 3. The quantitative estimate of drug-likeness (QED) is 0.793. The van der Waals surface area contributed by atoms with Crippen molar-refractivity contribution in [2.45, 2.75) is 32.3 Å². The number of amides is 2. The molecule has 0 saturated carbocycles. The molecule has 0 unspecified atom stereocenters. The molecule has 1 saturated heterocycles. The highest BCUT2D eigenvalue weighted by molar-refractivity contribution is 6.01. The van der Waals surface area contributed by atoms with Crippen LogP contribution < -0.4 is 9.64 Å². The van der Waals surface area contributed by atoms with Gasteiger partial charge in [-0.25, -0.2) is 4.79 Å². The van der Waals surface area contributed by atoms with Gasteiger partial charge >= 0.3 is 6.09 Å². The van der Waals surface area contributed by atoms with Crippen LogP contribution in [0.3, 0.4) is 0 Å². The van der Waals surface area contributed by atoms with Crippen LogP contribution in [0.25, 0.3) is 0 Å². The van der Waals surface area contributed by atoms with Gasteiger partial charge in [-0.3, -0.25) is 4.79 Å². The van der Waals surface area contributed by atoms with E-state index in [2.05, 4.69) is 0 Å². The first kappa shape index (κ1) is 16.6.